The van der Waals surface area contributed by atoms with E-state index in [2.05, 4.69) is 14.9 Å². The van der Waals surface area contributed by atoms with Crippen LogP contribution in [0.1, 0.15) is 19.3 Å². The van der Waals surface area contributed by atoms with Crippen LogP contribution in [0.2, 0.25) is 0 Å². The third kappa shape index (κ3) is 2.60. The Bertz CT molecular complexity index is 784. The average molecular weight is 346 g/mol. The smallest absolute Gasteiger partial charge is 0.308 e. The van der Waals surface area contributed by atoms with Crippen molar-refractivity contribution in [1.29, 1.82) is 0 Å². The second kappa shape index (κ2) is 6.01. The van der Waals surface area contributed by atoms with Crippen molar-refractivity contribution in [2.24, 2.45) is 5.92 Å². The number of amides is 1. The lowest BCUT2D eigenvalue weighted by molar-refractivity contribution is -0.141. The quantitative estimate of drug-likeness (QED) is 0.908. The van der Waals surface area contributed by atoms with Crippen molar-refractivity contribution in [3.8, 4) is 0 Å². The van der Waals surface area contributed by atoms with Gasteiger partial charge in [0.15, 0.2) is 0 Å². The Balaban J connectivity index is 1.45. The highest BCUT2D eigenvalue weighted by Gasteiger charge is 2.39. The maximum atomic E-state index is 12.1. The third-order valence-corrected chi connectivity index (χ3v) is 5.84. The van der Waals surface area contributed by atoms with E-state index in [0.717, 1.165) is 42.0 Å². The summed E-state index contributed by atoms with van der Waals surface area (Å²) < 4.78 is 1.10. The summed E-state index contributed by atoms with van der Waals surface area (Å²) in [5.74, 6) is -0.486. The molecule has 7 nitrogen and oxygen atoms in total. The van der Waals surface area contributed by atoms with Crippen LogP contribution in [0.15, 0.2) is 17.8 Å². The molecule has 1 N–H and O–H groups in total. The number of aromatic nitrogens is 2. The van der Waals surface area contributed by atoms with Crippen LogP contribution in [0.5, 0.6) is 0 Å². The van der Waals surface area contributed by atoms with Crippen LogP contribution >= 0.6 is 11.3 Å². The summed E-state index contributed by atoms with van der Waals surface area (Å²) in [7, 11) is 0. The molecule has 2 aromatic heterocycles. The van der Waals surface area contributed by atoms with E-state index in [1.165, 1.54) is 0 Å². The van der Waals surface area contributed by atoms with Gasteiger partial charge in [-0.05, 0) is 24.3 Å². The summed E-state index contributed by atoms with van der Waals surface area (Å²) in [6.07, 6.45) is 3.42. The number of rotatable bonds is 3. The molecule has 8 heteroatoms. The van der Waals surface area contributed by atoms with E-state index in [0.29, 0.717) is 6.54 Å². The van der Waals surface area contributed by atoms with E-state index in [9.17, 15) is 9.59 Å². The number of nitrogens with zero attached hydrogens (tertiary/aromatic N) is 4. The van der Waals surface area contributed by atoms with Crippen LogP contribution in [0, 0.1) is 5.92 Å². The highest BCUT2D eigenvalue weighted by Crippen LogP contribution is 2.31. The Morgan fingerprint density at radius 1 is 1.29 bits per heavy atom. The van der Waals surface area contributed by atoms with E-state index in [1.807, 2.05) is 11.4 Å². The molecule has 126 valence electrons. The normalized spacial score (nSPS) is 22.5. The minimum absolute atomic E-state index is 0.0245. The topological polar surface area (TPSA) is 86.6 Å². The molecule has 4 rings (SSSR count). The standard InChI is InChI=1S/C16H18N4O3S/c21-13-7-10(16(22)23)8-20(13)11-1-4-19(5-2-11)15-14-12(3-6-24-14)17-9-18-15/h3,6,9-11H,1-2,4-5,7-8H2,(H,22,23). The Morgan fingerprint density at radius 3 is 2.79 bits per heavy atom. The molecule has 1 unspecified atom stereocenters. The summed E-state index contributed by atoms with van der Waals surface area (Å²) in [6.45, 7) is 1.98. The second-order valence-corrected chi connectivity index (χ2v) is 7.25. The largest absolute Gasteiger partial charge is 0.481 e. The maximum absolute atomic E-state index is 12.1. The number of carboxylic acid groups (broad SMARTS) is 1. The summed E-state index contributed by atoms with van der Waals surface area (Å²) >= 11 is 1.64. The number of hydrogen-bond acceptors (Lipinski definition) is 6. The van der Waals surface area contributed by atoms with Gasteiger partial charge in [0.1, 0.15) is 12.1 Å². The summed E-state index contributed by atoms with van der Waals surface area (Å²) in [6, 6.07) is 2.13. The van der Waals surface area contributed by atoms with Crippen molar-refractivity contribution in [3.63, 3.8) is 0 Å². The van der Waals surface area contributed by atoms with Gasteiger partial charge in [0.25, 0.3) is 0 Å². The molecule has 2 aromatic rings. The number of anilines is 1. The molecule has 0 saturated carbocycles. The molecule has 2 aliphatic heterocycles. The van der Waals surface area contributed by atoms with E-state index in [-0.39, 0.29) is 18.4 Å². The molecule has 2 fully saturated rings. The highest BCUT2D eigenvalue weighted by molar-refractivity contribution is 7.17. The summed E-state index contributed by atoms with van der Waals surface area (Å²) in [5, 5.41) is 11.1. The lowest BCUT2D eigenvalue weighted by Gasteiger charge is -2.37. The van der Waals surface area contributed by atoms with Gasteiger partial charge in [0.2, 0.25) is 5.91 Å². The Kier molecular flexibility index (Phi) is 3.84. The molecule has 0 spiro atoms. The molecule has 4 heterocycles. The van der Waals surface area contributed by atoms with Crippen LogP contribution < -0.4 is 4.90 Å². The van der Waals surface area contributed by atoms with Gasteiger partial charge < -0.3 is 14.9 Å². The van der Waals surface area contributed by atoms with Gasteiger partial charge >= 0.3 is 5.97 Å². The van der Waals surface area contributed by atoms with Crippen LogP contribution in [-0.4, -0.2) is 57.5 Å². The molecule has 0 aromatic carbocycles. The van der Waals surface area contributed by atoms with Crippen molar-refractivity contribution < 1.29 is 14.7 Å². The van der Waals surface area contributed by atoms with Crippen molar-refractivity contribution >= 4 is 39.2 Å². The van der Waals surface area contributed by atoms with Gasteiger partial charge in [-0.25, -0.2) is 9.97 Å². The fraction of sp³-hybridized carbons (Fsp3) is 0.500. The first-order chi connectivity index (χ1) is 11.6. The van der Waals surface area contributed by atoms with Crippen LogP contribution in [0.25, 0.3) is 10.2 Å². The molecule has 2 saturated heterocycles. The molecule has 0 radical (unpaired) electrons. The lowest BCUT2D eigenvalue weighted by Crippen LogP contribution is -2.46. The fourth-order valence-electron chi connectivity index (χ4n) is 3.64. The van der Waals surface area contributed by atoms with Crippen molar-refractivity contribution in [2.75, 3.05) is 24.5 Å². The monoisotopic (exact) mass is 346 g/mol. The summed E-state index contributed by atoms with van der Waals surface area (Å²) in [4.78, 5) is 36.0. The van der Waals surface area contributed by atoms with Crippen LogP contribution in [-0.2, 0) is 9.59 Å². The third-order valence-electron chi connectivity index (χ3n) is 4.94. The molecule has 1 amide bonds. The SMILES string of the molecule is O=C(O)C1CC(=O)N(C2CCN(c3ncnc4ccsc34)CC2)C1. The van der Waals surface area contributed by atoms with E-state index < -0.39 is 11.9 Å². The van der Waals surface area contributed by atoms with Gasteiger partial charge in [0.05, 0.1) is 16.1 Å². The van der Waals surface area contributed by atoms with E-state index >= 15 is 0 Å². The molecule has 0 aliphatic carbocycles. The Morgan fingerprint density at radius 2 is 2.08 bits per heavy atom. The van der Waals surface area contributed by atoms with Gasteiger partial charge in [0, 0.05) is 32.1 Å². The lowest BCUT2D eigenvalue weighted by atomic mass is 10.0. The fourth-order valence-corrected chi connectivity index (χ4v) is 4.50. The van der Waals surface area contributed by atoms with Crippen LogP contribution in [0.3, 0.4) is 0 Å². The molecular formula is C16H18N4O3S. The van der Waals surface area contributed by atoms with Crippen molar-refractivity contribution in [3.05, 3.63) is 17.8 Å². The number of fused-ring (bicyclic) bond motifs is 1. The molecule has 2 aliphatic rings. The number of hydrogen-bond donors (Lipinski definition) is 1. The zero-order valence-corrected chi connectivity index (χ0v) is 13.9. The van der Waals surface area contributed by atoms with Gasteiger partial charge in [-0.3, -0.25) is 9.59 Å². The number of carbonyl (C=O) groups excluding carboxylic acids is 1. The zero-order valence-electron chi connectivity index (χ0n) is 13.1. The average Bonchev–Trinajstić information content (AvgIpc) is 3.21. The number of aliphatic carboxylic acids is 1. The maximum Gasteiger partial charge on any atom is 0.308 e. The first kappa shape index (κ1) is 15.3. The summed E-state index contributed by atoms with van der Waals surface area (Å²) in [5.41, 5.74) is 0.964. The number of piperidine rings is 1. The number of carbonyl (C=O) groups is 2. The molecule has 24 heavy (non-hydrogen) atoms. The highest BCUT2D eigenvalue weighted by atomic mass is 32.1. The van der Waals surface area contributed by atoms with E-state index in [4.69, 9.17) is 5.11 Å². The van der Waals surface area contributed by atoms with Gasteiger partial charge in [-0.1, -0.05) is 0 Å². The van der Waals surface area contributed by atoms with Gasteiger partial charge in [-0.2, -0.15) is 0 Å². The van der Waals surface area contributed by atoms with Crippen molar-refractivity contribution in [2.45, 2.75) is 25.3 Å². The second-order valence-electron chi connectivity index (χ2n) is 6.34. The molecule has 0 bridgehead atoms. The zero-order chi connectivity index (χ0) is 16.7. The Labute approximate surface area is 142 Å². The first-order valence-corrected chi connectivity index (χ1v) is 8.97. The van der Waals surface area contributed by atoms with Crippen molar-refractivity contribution in [1.82, 2.24) is 14.9 Å². The van der Waals surface area contributed by atoms with Gasteiger partial charge in [-0.15, -0.1) is 11.3 Å². The number of thiophene rings is 1. The predicted octanol–water partition coefficient (Wildman–Crippen LogP) is 1.59. The molecule has 1 atom stereocenters. The van der Waals surface area contributed by atoms with E-state index in [1.54, 1.807) is 22.6 Å². The minimum atomic E-state index is -0.871. The number of likely N-dealkylation sites (tertiary alicyclic amines) is 1. The first-order valence-electron chi connectivity index (χ1n) is 8.09. The van der Waals surface area contributed by atoms with Crippen LogP contribution in [0.4, 0.5) is 5.82 Å². The minimum Gasteiger partial charge on any atom is -0.481 e. The predicted molar refractivity (Wildman–Crippen MR) is 90.1 cm³/mol. The molecular weight excluding hydrogens is 328 g/mol. The number of carboxylic acids is 1. The Hall–Kier alpha value is -2.22.